The number of benzene rings is 5. The SMILES string of the molecule is N#Cc1ccc(Nc2ncc(-c3ccccc3Cl)c(C(=NN(C(N)=O)c3cccc(F)c3)c3nc(Nc4ccc(C#N)cc4)ncc3-c3ccccc3Cl)n2)cc1. The normalized spacial score (nSPS) is 10.5. The number of hydrogen-bond acceptors (Lipinski definition) is 10. The van der Waals surface area contributed by atoms with Gasteiger partial charge in [0.15, 0.2) is 0 Å². The Morgan fingerprint density at radius 2 is 1.14 bits per heavy atom. The number of hydrazone groups is 1. The van der Waals surface area contributed by atoms with E-state index in [0.717, 1.165) is 11.1 Å². The highest BCUT2D eigenvalue weighted by Gasteiger charge is 2.27. The van der Waals surface area contributed by atoms with Crippen molar-refractivity contribution >= 4 is 63.9 Å². The Hall–Kier alpha value is -7.71. The number of carbonyl (C=O) groups is 1. The van der Waals surface area contributed by atoms with Crippen molar-refractivity contribution in [3.63, 3.8) is 0 Å². The van der Waals surface area contributed by atoms with E-state index in [-0.39, 0.29) is 34.7 Å². The standard InChI is InChI=1S/C42H26Cl2FN11O/c43-35-10-3-1-8-31(35)33-23-49-41(51-28-16-12-25(21-46)13-17-28)53-37(33)39(55-56(40(48)57)30-7-5-6-27(45)20-30)38-34(32-9-2-4-11-36(32)44)24-50-42(54-38)52-29-18-14-26(22-47)15-19-29/h1-20,23-24H,(H2,48,57)(H,49,51,53)(H,50,52,54). The average Bonchev–Trinajstić information content (AvgIpc) is 3.22. The van der Waals surface area contributed by atoms with Crippen LogP contribution < -0.4 is 21.4 Å². The third-order valence-corrected chi connectivity index (χ3v) is 9.02. The number of hydrogen-bond donors (Lipinski definition) is 3. The van der Waals surface area contributed by atoms with Crippen molar-refractivity contribution in [2.75, 3.05) is 15.6 Å². The van der Waals surface area contributed by atoms with Crippen LogP contribution in [0.15, 0.2) is 139 Å². The summed E-state index contributed by atoms with van der Waals surface area (Å²) in [6.07, 6.45) is 3.07. The summed E-state index contributed by atoms with van der Waals surface area (Å²) in [6.45, 7) is 0. The number of carbonyl (C=O) groups excluding carboxylic acids is 1. The van der Waals surface area contributed by atoms with Crippen LogP contribution >= 0.6 is 23.2 Å². The molecule has 0 aliphatic rings. The zero-order valence-electron chi connectivity index (χ0n) is 29.4. The number of primary amides is 1. The van der Waals surface area contributed by atoms with Crippen molar-refractivity contribution in [3.05, 3.63) is 172 Å². The van der Waals surface area contributed by atoms with E-state index in [0.29, 0.717) is 54.8 Å². The molecule has 0 fully saturated rings. The number of aromatic nitrogens is 4. The minimum atomic E-state index is -1.05. The van der Waals surface area contributed by atoms with E-state index in [4.69, 9.17) is 44.0 Å². The van der Waals surface area contributed by atoms with Crippen molar-refractivity contribution in [2.45, 2.75) is 0 Å². The summed E-state index contributed by atoms with van der Waals surface area (Å²) in [4.78, 5) is 32.4. The second kappa shape index (κ2) is 16.8. The second-order valence-corrected chi connectivity index (χ2v) is 12.9. The summed E-state index contributed by atoms with van der Waals surface area (Å²) in [5, 5.41) is 31.3. The highest BCUT2D eigenvalue weighted by molar-refractivity contribution is 6.34. The molecule has 0 bridgehead atoms. The minimum absolute atomic E-state index is 0.00793. The van der Waals surface area contributed by atoms with Crippen LogP contribution in [0.3, 0.4) is 0 Å². The van der Waals surface area contributed by atoms with Gasteiger partial charge in [0.1, 0.15) is 22.9 Å². The summed E-state index contributed by atoms with van der Waals surface area (Å²) < 4.78 is 14.7. The van der Waals surface area contributed by atoms with Crippen LogP contribution in [0.1, 0.15) is 22.5 Å². The summed E-state index contributed by atoms with van der Waals surface area (Å²) >= 11 is 13.6. The molecular weight excluding hydrogens is 764 g/mol. The maximum absolute atomic E-state index is 14.7. The van der Waals surface area contributed by atoms with Gasteiger partial charge < -0.3 is 16.4 Å². The predicted molar refractivity (Wildman–Crippen MR) is 218 cm³/mol. The molecule has 0 atom stereocenters. The molecule has 276 valence electrons. The van der Waals surface area contributed by atoms with Gasteiger partial charge in [-0.05, 0) is 78.9 Å². The Morgan fingerprint density at radius 1 is 0.667 bits per heavy atom. The van der Waals surface area contributed by atoms with E-state index in [2.05, 4.69) is 32.7 Å². The number of nitrogens with zero attached hydrogens (tertiary/aromatic N) is 8. The molecule has 0 radical (unpaired) electrons. The van der Waals surface area contributed by atoms with Gasteiger partial charge in [-0.25, -0.2) is 29.1 Å². The third-order valence-electron chi connectivity index (χ3n) is 8.36. The monoisotopic (exact) mass is 789 g/mol. The van der Waals surface area contributed by atoms with Gasteiger partial charge in [0, 0.05) is 56.1 Å². The van der Waals surface area contributed by atoms with E-state index >= 15 is 0 Å². The number of anilines is 5. The average molecular weight is 791 g/mol. The lowest BCUT2D eigenvalue weighted by atomic mass is 9.97. The first-order chi connectivity index (χ1) is 27.7. The number of urea groups is 1. The topological polar surface area (TPSA) is 182 Å². The molecule has 0 aliphatic heterocycles. The number of rotatable bonds is 10. The Morgan fingerprint density at radius 3 is 1.56 bits per heavy atom. The molecule has 0 unspecified atom stereocenters. The minimum Gasteiger partial charge on any atom is -0.350 e. The first-order valence-electron chi connectivity index (χ1n) is 16.9. The largest absolute Gasteiger partial charge is 0.350 e. The van der Waals surface area contributed by atoms with Crippen molar-refractivity contribution in [2.24, 2.45) is 10.8 Å². The van der Waals surface area contributed by atoms with Gasteiger partial charge in [-0.2, -0.15) is 20.6 Å². The molecule has 57 heavy (non-hydrogen) atoms. The van der Waals surface area contributed by atoms with Crippen LogP contribution in [-0.4, -0.2) is 31.7 Å². The Labute approximate surface area is 335 Å². The molecule has 12 nitrogen and oxygen atoms in total. The van der Waals surface area contributed by atoms with Crippen LogP contribution in [0.5, 0.6) is 0 Å². The van der Waals surface area contributed by atoms with Gasteiger partial charge in [-0.15, -0.1) is 0 Å². The number of nitrogens with two attached hydrogens (primary N) is 1. The van der Waals surface area contributed by atoms with Gasteiger partial charge in [0.2, 0.25) is 11.9 Å². The van der Waals surface area contributed by atoms with E-state index in [1.807, 2.05) is 0 Å². The lowest BCUT2D eigenvalue weighted by Gasteiger charge is -2.21. The van der Waals surface area contributed by atoms with Gasteiger partial charge in [0.25, 0.3) is 0 Å². The number of amides is 2. The zero-order chi connectivity index (χ0) is 39.9. The highest BCUT2D eigenvalue weighted by Crippen LogP contribution is 2.36. The Kier molecular flexibility index (Phi) is 11.1. The molecule has 0 aliphatic carbocycles. The fourth-order valence-electron chi connectivity index (χ4n) is 5.66. The lowest BCUT2D eigenvalue weighted by Crippen LogP contribution is -2.33. The molecule has 0 spiro atoms. The second-order valence-electron chi connectivity index (χ2n) is 12.1. The van der Waals surface area contributed by atoms with E-state index in [1.54, 1.807) is 97.1 Å². The van der Waals surface area contributed by atoms with Crippen LogP contribution in [0.25, 0.3) is 22.3 Å². The van der Waals surface area contributed by atoms with Crippen molar-refractivity contribution < 1.29 is 9.18 Å². The fourth-order valence-corrected chi connectivity index (χ4v) is 6.14. The first-order valence-corrected chi connectivity index (χ1v) is 17.7. The molecule has 0 saturated heterocycles. The molecule has 7 rings (SSSR count). The first kappa shape index (κ1) is 37.6. The molecule has 0 saturated carbocycles. The summed E-state index contributed by atoms with van der Waals surface area (Å²) in [6, 6.07) is 35.7. The summed E-state index contributed by atoms with van der Waals surface area (Å²) in [5.74, 6) is -0.450. The van der Waals surface area contributed by atoms with E-state index in [9.17, 15) is 19.7 Å². The Balaban J connectivity index is 1.54. The van der Waals surface area contributed by atoms with Crippen LogP contribution in [0.4, 0.5) is 38.1 Å². The van der Waals surface area contributed by atoms with Crippen LogP contribution in [0.2, 0.25) is 10.0 Å². The molecule has 2 aromatic heterocycles. The maximum Gasteiger partial charge on any atom is 0.340 e. The molecule has 2 amide bonds. The molecule has 15 heteroatoms. The van der Waals surface area contributed by atoms with Gasteiger partial charge in [-0.1, -0.05) is 65.7 Å². The highest BCUT2D eigenvalue weighted by atomic mass is 35.5. The molecule has 2 heterocycles. The van der Waals surface area contributed by atoms with Crippen molar-refractivity contribution in [1.82, 2.24) is 19.9 Å². The molecular formula is C42H26Cl2FN11O. The molecule has 5 aromatic carbocycles. The smallest absolute Gasteiger partial charge is 0.340 e. The maximum atomic E-state index is 14.7. The summed E-state index contributed by atoms with van der Waals surface area (Å²) in [7, 11) is 0. The molecule has 4 N–H and O–H groups in total. The van der Waals surface area contributed by atoms with Gasteiger partial charge in [-0.3, -0.25) is 0 Å². The van der Waals surface area contributed by atoms with Gasteiger partial charge >= 0.3 is 6.03 Å². The third kappa shape index (κ3) is 8.51. The number of halogens is 3. The molecule has 7 aromatic rings. The van der Waals surface area contributed by atoms with E-state index < -0.39 is 11.8 Å². The van der Waals surface area contributed by atoms with Gasteiger partial charge in [0.05, 0.1) is 29.0 Å². The van der Waals surface area contributed by atoms with Crippen molar-refractivity contribution in [3.8, 4) is 34.4 Å². The fraction of sp³-hybridized carbons (Fsp3) is 0. The summed E-state index contributed by atoms with van der Waals surface area (Å²) in [5.41, 5.74) is 9.96. The predicted octanol–water partition coefficient (Wildman–Crippen LogP) is 9.61. The van der Waals surface area contributed by atoms with Crippen LogP contribution in [0, 0.1) is 28.5 Å². The number of nitriles is 2. The lowest BCUT2D eigenvalue weighted by molar-refractivity contribution is 0.254. The Bertz CT molecular complexity index is 2590. The quantitative estimate of drug-likeness (QED) is 0.0897. The van der Waals surface area contributed by atoms with Crippen molar-refractivity contribution in [1.29, 1.82) is 10.5 Å². The van der Waals surface area contributed by atoms with Crippen LogP contribution in [-0.2, 0) is 0 Å². The van der Waals surface area contributed by atoms with E-state index in [1.165, 1.54) is 30.6 Å². The number of nitrogens with one attached hydrogen (secondary N) is 2. The zero-order valence-corrected chi connectivity index (χ0v) is 30.9.